The number of hydrogen-bond donors (Lipinski definition) is 0. The Balaban J connectivity index is 0.00000363. The summed E-state index contributed by atoms with van der Waals surface area (Å²) in [5, 5.41) is 0.830. The number of thiazole rings is 1. The van der Waals surface area contributed by atoms with Gasteiger partial charge in [-0.1, -0.05) is 56.4 Å². The maximum absolute atomic E-state index is 13.2. The highest BCUT2D eigenvalue weighted by Gasteiger charge is 2.20. The van der Waals surface area contributed by atoms with Crippen molar-refractivity contribution in [2.45, 2.75) is 44.9 Å². The summed E-state index contributed by atoms with van der Waals surface area (Å²) in [6, 6.07) is 16.8. The summed E-state index contributed by atoms with van der Waals surface area (Å²) in [5.41, 5.74) is 2.29. The highest BCUT2D eigenvalue weighted by molar-refractivity contribution is 7.99. The molecule has 1 heterocycles. The number of thioether (sulfide) groups is 1. The number of aromatic nitrogens is 1. The van der Waals surface area contributed by atoms with Crippen LogP contribution in [0.3, 0.4) is 0 Å². The summed E-state index contributed by atoms with van der Waals surface area (Å²) in [5.74, 6) is 1.12. The predicted molar refractivity (Wildman–Crippen MR) is 143 cm³/mol. The Bertz CT molecular complexity index is 960. The zero-order valence-corrected chi connectivity index (χ0v) is 21.7. The average molecular weight is 492 g/mol. The number of carbonyl (C=O) groups is 1. The molecule has 0 N–H and O–H groups in total. The van der Waals surface area contributed by atoms with Gasteiger partial charge in [0.25, 0.3) is 0 Å². The van der Waals surface area contributed by atoms with Crippen molar-refractivity contribution < 1.29 is 4.79 Å². The van der Waals surface area contributed by atoms with E-state index in [4.69, 9.17) is 4.98 Å². The highest BCUT2D eigenvalue weighted by atomic mass is 35.5. The molecule has 0 unspecified atom stereocenters. The van der Waals surface area contributed by atoms with Gasteiger partial charge in [0.15, 0.2) is 5.13 Å². The molecule has 32 heavy (non-hydrogen) atoms. The van der Waals surface area contributed by atoms with Crippen LogP contribution in [0.5, 0.6) is 0 Å². The van der Waals surface area contributed by atoms with E-state index in [1.54, 1.807) is 11.3 Å². The third-order valence-electron chi connectivity index (χ3n) is 5.46. The summed E-state index contributed by atoms with van der Waals surface area (Å²) in [7, 11) is 0. The number of halogens is 1. The molecule has 0 fully saturated rings. The molecule has 0 saturated carbocycles. The van der Waals surface area contributed by atoms with Crippen LogP contribution in [0.4, 0.5) is 5.13 Å². The van der Waals surface area contributed by atoms with Crippen LogP contribution in [0.2, 0.25) is 0 Å². The number of hydrogen-bond acceptors (Lipinski definition) is 5. The van der Waals surface area contributed by atoms with Gasteiger partial charge in [0.1, 0.15) is 0 Å². The lowest BCUT2D eigenvalue weighted by Crippen LogP contribution is -2.38. The van der Waals surface area contributed by atoms with Crippen molar-refractivity contribution in [1.29, 1.82) is 0 Å². The number of fused-ring (bicyclic) bond motifs is 1. The van der Waals surface area contributed by atoms with Crippen molar-refractivity contribution in [3.05, 3.63) is 54.1 Å². The normalized spacial score (nSPS) is 11.0. The van der Waals surface area contributed by atoms with Gasteiger partial charge in [0.2, 0.25) is 5.91 Å². The monoisotopic (exact) mass is 491 g/mol. The van der Waals surface area contributed by atoms with Crippen LogP contribution in [-0.4, -0.2) is 47.7 Å². The molecule has 3 rings (SSSR count). The lowest BCUT2D eigenvalue weighted by molar-refractivity contribution is -0.118. The zero-order valence-electron chi connectivity index (χ0n) is 19.3. The van der Waals surface area contributed by atoms with Crippen LogP contribution in [0.25, 0.3) is 10.2 Å². The molecule has 0 bridgehead atoms. The van der Waals surface area contributed by atoms with Gasteiger partial charge in [-0.3, -0.25) is 9.69 Å². The van der Waals surface area contributed by atoms with Crippen LogP contribution in [-0.2, 0) is 11.2 Å². The molecule has 3 aromatic rings. The minimum absolute atomic E-state index is 0. The van der Waals surface area contributed by atoms with Gasteiger partial charge in [-0.25, -0.2) is 4.98 Å². The maximum Gasteiger partial charge on any atom is 0.228 e. The van der Waals surface area contributed by atoms with Crippen LogP contribution < -0.4 is 4.90 Å². The van der Waals surface area contributed by atoms with Gasteiger partial charge < -0.3 is 4.90 Å². The van der Waals surface area contributed by atoms with E-state index < -0.39 is 0 Å². The zero-order chi connectivity index (χ0) is 22.1. The standard InChI is InChI=1S/C25H33N3OS2.ClH/c1-4-20-14-15-22-23(19-20)31-25(26-22)28(17-16-27(5-2)6-3)24(29)13-10-18-30-21-11-8-7-9-12-21;/h7-9,11-12,14-15,19H,4-6,10,13,16-18H2,1-3H3;1H. The third kappa shape index (κ3) is 7.48. The van der Waals surface area contributed by atoms with Crippen molar-refractivity contribution in [3.63, 3.8) is 0 Å². The van der Waals surface area contributed by atoms with Crippen LogP contribution in [0, 0.1) is 0 Å². The quantitative estimate of drug-likeness (QED) is 0.213. The number of aryl methyl sites for hydroxylation is 1. The van der Waals surface area contributed by atoms with Gasteiger partial charge in [0, 0.05) is 24.4 Å². The summed E-state index contributed by atoms with van der Waals surface area (Å²) in [4.78, 5) is 23.6. The molecule has 0 radical (unpaired) electrons. The van der Waals surface area contributed by atoms with Crippen molar-refractivity contribution >= 4 is 56.8 Å². The number of rotatable bonds is 12. The second-order valence-corrected chi connectivity index (χ2v) is 9.67. The fourth-order valence-corrected chi connectivity index (χ4v) is 5.41. The molecule has 2 aromatic carbocycles. The Kier molecular flexibility index (Phi) is 11.5. The first-order valence-electron chi connectivity index (χ1n) is 11.2. The summed E-state index contributed by atoms with van der Waals surface area (Å²) in [6.07, 6.45) is 2.42. The van der Waals surface area contributed by atoms with Crippen molar-refractivity contribution in [2.24, 2.45) is 0 Å². The number of benzene rings is 2. The van der Waals surface area contributed by atoms with E-state index in [-0.39, 0.29) is 18.3 Å². The van der Waals surface area contributed by atoms with Crippen LogP contribution in [0.1, 0.15) is 39.2 Å². The number of nitrogens with zero attached hydrogens (tertiary/aromatic N) is 3. The topological polar surface area (TPSA) is 36.4 Å². The number of anilines is 1. The van der Waals surface area contributed by atoms with Crippen molar-refractivity contribution in [2.75, 3.05) is 36.8 Å². The SMILES string of the molecule is CCc1ccc2nc(N(CCN(CC)CC)C(=O)CCCSc3ccccc3)sc2c1.Cl. The van der Waals surface area contributed by atoms with Crippen LogP contribution in [0.15, 0.2) is 53.4 Å². The van der Waals surface area contributed by atoms with Crippen LogP contribution >= 0.6 is 35.5 Å². The Morgan fingerprint density at radius 1 is 1.03 bits per heavy atom. The van der Waals surface area contributed by atoms with Crippen molar-refractivity contribution in [3.8, 4) is 0 Å². The van der Waals surface area contributed by atoms with E-state index in [0.717, 1.165) is 53.6 Å². The van der Waals surface area contributed by atoms with Gasteiger partial charge in [-0.15, -0.1) is 24.2 Å². The Hall–Kier alpha value is -1.60. The molecular formula is C25H34ClN3OS2. The molecule has 4 nitrogen and oxygen atoms in total. The lowest BCUT2D eigenvalue weighted by atomic mass is 10.2. The van der Waals surface area contributed by atoms with E-state index in [2.05, 4.69) is 68.1 Å². The first-order valence-corrected chi connectivity index (χ1v) is 13.0. The van der Waals surface area contributed by atoms with Gasteiger partial charge in [-0.05, 0) is 61.5 Å². The fraction of sp³-hybridized carbons (Fsp3) is 0.440. The van der Waals surface area contributed by atoms with Gasteiger partial charge >= 0.3 is 0 Å². The lowest BCUT2D eigenvalue weighted by Gasteiger charge is -2.24. The Labute approximate surface area is 206 Å². The molecule has 0 atom stereocenters. The molecule has 1 aromatic heterocycles. The largest absolute Gasteiger partial charge is 0.302 e. The third-order valence-corrected chi connectivity index (χ3v) is 7.60. The fourth-order valence-electron chi connectivity index (χ4n) is 3.47. The molecular weight excluding hydrogens is 458 g/mol. The summed E-state index contributed by atoms with van der Waals surface area (Å²) < 4.78 is 1.16. The van der Waals surface area contributed by atoms with Gasteiger partial charge in [-0.2, -0.15) is 0 Å². The molecule has 0 saturated heterocycles. The van der Waals surface area contributed by atoms with E-state index in [0.29, 0.717) is 13.0 Å². The maximum atomic E-state index is 13.2. The molecule has 0 aliphatic carbocycles. The summed E-state index contributed by atoms with van der Waals surface area (Å²) >= 11 is 3.45. The Morgan fingerprint density at radius 3 is 2.47 bits per heavy atom. The van der Waals surface area contributed by atoms with E-state index >= 15 is 0 Å². The molecule has 7 heteroatoms. The Morgan fingerprint density at radius 2 is 1.78 bits per heavy atom. The summed E-state index contributed by atoms with van der Waals surface area (Å²) in [6.45, 7) is 10.0. The molecule has 0 spiro atoms. The molecule has 174 valence electrons. The highest BCUT2D eigenvalue weighted by Crippen LogP contribution is 2.30. The van der Waals surface area contributed by atoms with E-state index in [1.165, 1.54) is 10.5 Å². The minimum atomic E-state index is 0. The number of likely N-dealkylation sites (N-methyl/N-ethyl adjacent to an activating group) is 1. The van der Waals surface area contributed by atoms with E-state index in [1.807, 2.05) is 22.7 Å². The average Bonchev–Trinajstić information content (AvgIpc) is 3.23. The molecule has 0 aliphatic heterocycles. The van der Waals surface area contributed by atoms with E-state index in [9.17, 15) is 4.79 Å². The number of carbonyl (C=O) groups excluding carboxylic acids is 1. The first-order chi connectivity index (χ1) is 15.1. The minimum Gasteiger partial charge on any atom is -0.302 e. The predicted octanol–water partition coefficient (Wildman–Crippen LogP) is 6.53. The van der Waals surface area contributed by atoms with Gasteiger partial charge in [0.05, 0.1) is 10.2 Å². The van der Waals surface area contributed by atoms with Crippen molar-refractivity contribution in [1.82, 2.24) is 9.88 Å². The number of amides is 1. The second-order valence-electron chi connectivity index (χ2n) is 7.49. The molecule has 1 amide bonds. The molecule has 0 aliphatic rings. The second kappa shape index (κ2) is 13.8. The first kappa shape index (κ1) is 26.7. The smallest absolute Gasteiger partial charge is 0.228 e.